The fourth-order valence-electron chi connectivity index (χ4n) is 2.20. The molecule has 0 unspecified atom stereocenters. The van der Waals surface area contributed by atoms with Crippen molar-refractivity contribution in [2.75, 3.05) is 12.8 Å². The summed E-state index contributed by atoms with van der Waals surface area (Å²) in [4.78, 5) is 17.8. The van der Waals surface area contributed by atoms with Gasteiger partial charge < -0.3 is 4.90 Å². The Bertz CT molecular complexity index is 377. The van der Waals surface area contributed by atoms with Crippen LogP contribution in [0, 0.1) is 0 Å². The summed E-state index contributed by atoms with van der Waals surface area (Å²) in [6.07, 6.45) is 6.06. The number of thioether (sulfide) groups is 1. The Kier molecular flexibility index (Phi) is 3.49. The molecule has 16 heavy (non-hydrogen) atoms. The molecule has 0 aliphatic carbocycles. The van der Waals surface area contributed by atoms with Gasteiger partial charge in [-0.3, -0.25) is 4.79 Å². The van der Waals surface area contributed by atoms with E-state index in [1.54, 1.807) is 18.7 Å². The maximum Gasteiger partial charge on any atom is 0.219 e. The second kappa shape index (κ2) is 4.87. The Morgan fingerprint density at radius 3 is 2.94 bits per heavy atom. The van der Waals surface area contributed by atoms with Gasteiger partial charge in [-0.05, 0) is 30.7 Å². The van der Waals surface area contributed by atoms with E-state index >= 15 is 0 Å². The van der Waals surface area contributed by atoms with Crippen LogP contribution in [0.3, 0.4) is 0 Å². The molecule has 86 valence electrons. The number of likely N-dealkylation sites (tertiary alicyclic amines) is 1. The van der Waals surface area contributed by atoms with Crippen LogP contribution in [-0.2, 0) is 4.79 Å². The van der Waals surface area contributed by atoms with Crippen LogP contribution >= 0.6 is 11.8 Å². The van der Waals surface area contributed by atoms with Crippen molar-refractivity contribution in [3.05, 3.63) is 23.9 Å². The molecule has 3 nitrogen and oxygen atoms in total. The maximum atomic E-state index is 11.5. The van der Waals surface area contributed by atoms with E-state index in [0.717, 1.165) is 30.0 Å². The molecule has 1 aromatic rings. The van der Waals surface area contributed by atoms with Gasteiger partial charge in [-0.2, -0.15) is 0 Å². The highest BCUT2D eigenvalue weighted by atomic mass is 32.2. The van der Waals surface area contributed by atoms with Crippen LogP contribution < -0.4 is 0 Å². The fraction of sp³-hybridized carbons (Fsp3) is 0.500. The van der Waals surface area contributed by atoms with E-state index in [1.165, 1.54) is 0 Å². The van der Waals surface area contributed by atoms with Crippen molar-refractivity contribution < 1.29 is 4.79 Å². The predicted octanol–water partition coefficient (Wildman–Crippen LogP) is 2.49. The highest BCUT2D eigenvalue weighted by molar-refractivity contribution is 7.98. The summed E-state index contributed by atoms with van der Waals surface area (Å²) < 4.78 is 0. The Morgan fingerprint density at radius 1 is 1.56 bits per heavy atom. The minimum Gasteiger partial charge on any atom is -0.336 e. The molecule has 1 saturated heterocycles. The van der Waals surface area contributed by atoms with Gasteiger partial charge >= 0.3 is 0 Å². The number of amides is 1. The Labute approximate surface area is 100 Å². The second-order valence-electron chi connectivity index (χ2n) is 4.00. The predicted molar refractivity (Wildman–Crippen MR) is 65.4 cm³/mol. The fourth-order valence-corrected chi connectivity index (χ4v) is 2.56. The molecule has 0 spiro atoms. The lowest BCUT2D eigenvalue weighted by molar-refractivity contribution is -0.129. The summed E-state index contributed by atoms with van der Waals surface area (Å²) in [5, 5.41) is 1.02. The molecule has 1 fully saturated rings. The van der Waals surface area contributed by atoms with Gasteiger partial charge in [0.05, 0.1) is 11.1 Å². The summed E-state index contributed by atoms with van der Waals surface area (Å²) in [6, 6.07) is 4.35. The lowest BCUT2D eigenvalue weighted by Crippen LogP contribution is -2.28. The highest BCUT2D eigenvalue weighted by Crippen LogP contribution is 2.31. The molecule has 1 aliphatic heterocycles. The Balaban J connectivity index is 2.19. The molecule has 1 aromatic heterocycles. The van der Waals surface area contributed by atoms with Crippen molar-refractivity contribution in [3.8, 4) is 0 Å². The van der Waals surface area contributed by atoms with Gasteiger partial charge in [-0.1, -0.05) is 6.07 Å². The van der Waals surface area contributed by atoms with Crippen molar-refractivity contribution in [1.82, 2.24) is 9.88 Å². The van der Waals surface area contributed by atoms with Crippen LogP contribution in [0.5, 0.6) is 0 Å². The standard InChI is InChI=1S/C12H16N2OS/c1-9(15)14-7-3-4-11(14)10-5-6-12(16-2)13-8-10/h5-6,8,11H,3-4,7H2,1-2H3/t11-/m0/s1. The van der Waals surface area contributed by atoms with Crippen LogP contribution in [0.15, 0.2) is 23.4 Å². The zero-order valence-electron chi connectivity index (χ0n) is 9.64. The average Bonchev–Trinajstić information content (AvgIpc) is 2.78. The summed E-state index contributed by atoms with van der Waals surface area (Å²) in [7, 11) is 0. The Hall–Kier alpha value is -1.03. The molecule has 4 heteroatoms. The number of aromatic nitrogens is 1. The molecule has 2 rings (SSSR count). The van der Waals surface area contributed by atoms with Crippen molar-refractivity contribution in [1.29, 1.82) is 0 Å². The zero-order chi connectivity index (χ0) is 11.5. The number of hydrogen-bond donors (Lipinski definition) is 0. The van der Waals surface area contributed by atoms with Gasteiger partial charge in [-0.25, -0.2) is 4.98 Å². The van der Waals surface area contributed by atoms with Gasteiger partial charge in [-0.15, -0.1) is 11.8 Å². The third-order valence-electron chi connectivity index (χ3n) is 3.01. The summed E-state index contributed by atoms with van der Waals surface area (Å²) >= 11 is 1.64. The molecule has 1 amide bonds. The first-order valence-corrected chi connectivity index (χ1v) is 6.72. The van der Waals surface area contributed by atoms with E-state index in [-0.39, 0.29) is 11.9 Å². The first-order chi connectivity index (χ1) is 7.72. The van der Waals surface area contributed by atoms with E-state index in [1.807, 2.05) is 23.4 Å². The third-order valence-corrected chi connectivity index (χ3v) is 3.67. The summed E-state index contributed by atoms with van der Waals surface area (Å²) in [5.41, 5.74) is 1.16. The molecule has 1 atom stereocenters. The normalized spacial score (nSPS) is 20.1. The molecule has 0 saturated carbocycles. The lowest BCUT2D eigenvalue weighted by atomic mass is 10.1. The number of nitrogens with zero attached hydrogens (tertiary/aromatic N) is 2. The third kappa shape index (κ3) is 2.21. The van der Waals surface area contributed by atoms with Crippen molar-refractivity contribution in [3.63, 3.8) is 0 Å². The number of carbonyl (C=O) groups excluding carboxylic acids is 1. The van der Waals surface area contributed by atoms with Crippen LogP contribution in [0.1, 0.15) is 31.4 Å². The SMILES string of the molecule is CSc1ccc([C@@H]2CCCN2C(C)=O)cn1. The van der Waals surface area contributed by atoms with E-state index in [4.69, 9.17) is 0 Å². The molecular formula is C12H16N2OS. The highest BCUT2D eigenvalue weighted by Gasteiger charge is 2.27. The lowest BCUT2D eigenvalue weighted by Gasteiger charge is -2.23. The average molecular weight is 236 g/mol. The molecule has 0 radical (unpaired) electrons. The topological polar surface area (TPSA) is 33.2 Å². The number of carbonyl (C=O) groups is 1. The minimum absolute atomic E-state index is 0.163. The second-order valence-corrected chi connectivity index (χ2v) is 4.83. The van der Waals surface area contributed by atoms with Gasteiger partial charge in [0, 0.05) is 19.7 Å². The number of hydrogen-bond acceptors (Lipinski definition) is 3. The van der Waals surface area contributed by atoms with E-state index in [0.29, 0.717) is 0 Å². The van der Waals surface area contributed by atoms with Crippen LogP contribution in [-0.4, -0.2) is 28.6 Å². The van der Waals surface area contributed by atoms with Gasteiger partial charge in [0.25, 0.3) is 0 Å². The minimum atomic E-state index is 0.163. The molecule has 0 bridgehead atoms. The summed E-state index contributed by atoms with van der Waals surface area (Å²) in [5.74, 6) is 0.163. The molecule has 0 aromatic carbocycles. The molecule has 0 N–H and O–H groups in total. The van der Waals surface area contributed by atoms with Crippen molar-refractivity contribution in [2.24, 2.45) is 0 Å². The van der Waals surface area contributed by atoms with E-state index in [9.17, 15) is 4.79 Å². The molecule has 2 heterocycles. The monoisotopic (exact) mass is 236 g/mol. The smallest absolute Gasteiger partial charge is 0.219 e. The van der Waals surface area contributed by atoms with Crippen molar-refractivity contribution >= 4 is 17.7 Å². The number of pyridine rings is 1. The summed E-state index contributed by atoms with van der Waals surface area (Å²) in [6.45, 7) is 2.52. The zero-order valence-corrected chi connectivity index (χ0v) is 10.5. The van der Waals surface area contributed by atoms with Crippen molar-refractivity contribution in [2.45, 2.75) is 30.8 Å². The first-order valence-electron chi connectivity index (χ1n) is 5.49. The van der Waals surface area contributed by atoms with Crippen LogP contribution in [0.2, 0.25) is 0 Å². The molecular weight excluding hydrogens is 220 g/mol. The van der Waals surface area contributed by atoms with Gasteiger partial charge in [0.15, 0.2) is 0 Å². The van der Waals surface area contributed by atoms with Crippen LogP contribution in [0.25, 0.3) is 0 Å². The largest absolute Gasteiger partial charge is 0.336 e. The van der Waals surface area contributed by atoms with Crippen LogP contribution in [0.4, 0.5) is 0 Å². The molecule has 1 aliphatic rings. The van der Waals surface area contributed by atoms with Gasteiger partial charge in [0.1, 0.15) is 0 Å². The number of rotatable bonds is 2. The van der Waals surface area contributed by atoms with E-state index < -0.39 is 0 Å². The first kappa shape index (κ1) is 11.5. The van der Waals surface area contributed by atoms with Gasteiger partial charge in [0.2, 0.25) is 5.91 Å². The van der Waals surface area contributed by atoms with E-state index in [2.05, 4.69) is 11.1 Å². The Morgan fingerprint density at radius 2 is 2.38 bits per heavy atom. The quantitative estimate of drug-likeness (QED) is 0.740. The maximum absolute atomic E-state index is 11.5.